The summed E-state index contributed by atoms with van der Waals surface area (Å²) in [5.41, 5.74) is 4.86. The van der Waals surface area contributed by atoms with Crippen molar-refractivity contribution in [2.24, 2.45) is 5.73 Å². The van der Waals surface area contributed by atoms with Crippen molar-refractivity contribution in [1.29, 1.82) is 0 Å². The number of carbonyl (C=O) groups is 1. The second kappa shape index (κ2) is 4.48. The molecule has 13 heavy (non-hydrogen) atoms. The molecule has 0 spiro atoms. The number of aliphatic hydroxyl groups excluding tert-OH is 1. The van der Waals surface area contributed by atoms with Crippen molar-refractivity contribution in [3.05, 3.63) is 24.2 Å². The van der Waals surface area contributed by atoms with Gasteiger partial charge in [-0.1, -0.05) is 0 Å². The third-order valence-electron chi connectivity index (χ3n) is 1.32. The van der Waals surface area contributed by atoms with Crippen LogP contribution >= 0.6 is 0 Å². The van der Waals surface area contributed by atoms with E-state index < -0.39 is 12.8 Å². The monoisotopic (exact) mass is 186 g/mol. The van der Waals surface area contributed by atoms with Crippen LogP contribution < -0.4 is 5.73 Å². The number of rotatable bonds is 4. The number of nitrogens with zero attached hydrogens (tertiary/aromatic N) is 1. The molecule has 0 radical (unpaired) electrons. The first-order chi connectivity index (χ1) is 6.24. The van der Waals surface area contributed by atoms with Crippen LogP contribution in [-0.4, -0.2) is 22.9 Å². The van der Waals surface area contributed by atoms with Crippen molar-refractivity contribution >= 4 is 6.03 Å². The van der Waals surface area contributed by atoms with Crippen LogP contribution in [0.15, 0.2) is 22.8 Å². The number of furan rings is 1. The van der Waals surface area contributed by atoms with Gasteiger partial charge in [-0.15, -0.1) is 0 Å². The van der Waals surface area contributed by atoms with Crippen LogP contribution in [0, 0.1) is 0 Å². The van der Waals surface area contributed by atoms with E-state index in [1.54, 1.807) is 12.1 Å². The topological polar surface area (TPSA) is 88.9 Å². The molecular weight excluding hydrogens is 176 g/mol. The van der Waals surface area contributed by atoms with Crippen LogP contribution in [0.5, 0.6) is 0 Å². The average Bonchev–Trinajstić information content (AvgIpc) is 2.57. The molecule has 0 aromatic carbocycles. The van der Waals surface area contributed by atoms with E-state index in [0.29, 0.717) is 10.8 Å². The summed E-state index contributed by atoms with van der Waals surface area (Å²) in [6.07, 6.45) is 1.48. The standard InChI is InChI=1S/C7H10N2O4/c8-7(11)9(5-10)13-4-6-2-1-3-12-6/h1-3,10H,4-5H2,(H2,8,11). The summed E-state index contributed by atoms with van der Waals surface area (Å²) in [6.45, 7) is -0.535. The Balaban J connectivity index is 2.36. The highest BCUT2D eigenvalue weighted by Crippen LogP contribution is 2.03. The lowest BCUT2D eigenvalue weighted by Crippen LogP contribution is -2.36. The zero-order valence-electron chi connectivity index (χ0n) is 6.84. The van der Waals surface area contributed by atoms with Gasteiger partial charge in [-0.05, 0) is 12.1 Å². The normalized spacial score (nSPS) is 9.92. The van der Waals surface area contributed by atoms with Gasteiger partial charge in [0.1, 0.15) is 19.1 Å². The number of primary amides is 1. The minimum atomic E-state index is -0.853. The lowest BCUT2D eigenvalue weighted by molar-refractivity contribution is -0.166. The third kappa shape index (κ3) is 2.77. The van der Waals surface area contributed by atoms with E-state index in [4.69, 9.17) is 20.1 Å². The maximum atomic E-state index is 10.5. The minimum absolute atomic E-state index is 0.0521. The molecule has 0 atom stereocenters. The Labute approximate surface area is 74.4 Å². The van der Waals surface area contributed by atoms with Crippen molar-refractivity contribution in [3.8, 4) is 0 Å². The van der Waals surface area contributed by atoms with Gasteiger partial charge in [-0.2, -0.15) is 5.06 Å². The molecule has 1 aromatic heterocycles. The highest BCUT2D eigenvalue weighted by Gasteiger charge is 2.08. The summed E-state index contributed by atoms with van der Waals surface area (Å²) >= 11 is 0. The first-order valence-electron chi connectivity index (χ1n) is 3.57. The zero-order chi connectivity index (χ0) is 9.68. The first-order valence-corrected chi connectivity index (χ1v) is 3.57. The number of nitrogens with two attached hydrogens (primary N) is 1. The Hall–Kier alpha value is -1.53. The largest absolute Gasteiger partial charge is 0.467 e. The summed E-state index contributed by atoms with van der Waals surface area (Å²) in [5.74, 6) is 0.541. The maximum Gasteiger partial charge on any atom is 0.340 e. The van der Waals surface area contributed by atoms with Gasteiger partial charge in [0.05, 0.1) is 6.26 Å². The van der Waals surface area contributed by atoms with E-state index >= 15 is 0 Å². The number of aliphatic hydroxyl groups is 1. The van der Waals surface area contributed by atoms with Gasteiger partial charge in [0.2, 0.25) is 0 Å². The second-order valence-electron chi connectivity index (χ2n) is 2.21. The Kier molecular flexibility index (Phi) is 3.30. The molecule has 0 fully saturated rings. The number of hydroxylamine groups is 2. The maximum absolute atomic E-state index is 10.5. The Bertz CT molecular complexity index is 259. The molecule has 0 aliphatic rings. The summed E-state index contributed by atoms with van der Waals surface area (Å²) in [4.78, 5) is 15.3. The van der Waals surface area contributed by atoms with Crippen LogP contribution in [0.25, 0.3) is 0 Å². The van der Waals surface area contributed by atoms with Crippen LogP contribution in [0.4, 0.5) is 4.79 Å². The third-order valence-corrected chi connectivity index (χ3v) is 1.32. The summed E-state index contributed by atoms with van der Waals surface area (Å²) in [6, 6.07) is 2.51. The van der Waals surface area contributed by atoms with Gasteiger partial charge in [-0.25, -0.2) is 4.79 Å². The predicted molar refractivity (Wildman–Crippen MR) is 42.0 cm³/mol. The smallest absolute Gasteiger partial charge is 0.340 e. The molecule has 0 aliphatic heterocycles. The first kappa shape index (κ1) is 9.56. The predicted octanol–water partition coefficient (Wildman–Crippen LogP) is 0.0417. The van der Waals surface area contributed by atoms with E-state index in [2.05, 4.69) is 0 Å². The molecule has 6 heteroatoms. The summed E-state index contributed by atoms with van der Waals surface area (Å²) < 4.78 is 4.92. The SMILES string of the molecule is NC(=O)N(CO)OCc1ccco1. The number of hydrogen-bond acceptors (Lipinski definition) is 4. The number of amides is 2. The molecule has 72 valence electrons. The van der Waals surface area contributed by atoms with Gasteiger partial charge >= 0.3 is 6.03 Å². The zero-order valence-corrected chi connectivity index (χ0v) is 6.84. The Morgan fingerprint density at radius 2 is 2.54 bits per heavy atom. The van der Waals surface area contributed by atoms with Crippen molar-refractivity contribution in [1.82, 2.24) is 5.06 Å². The summed E-state index contributed by atoms with van der Waals surface area (Å²) in [5, 5.41) is 9.22. The highest BCUT2D eigenvalue weighted by atomic mass is 16.7. The molecule has 3 N–H and O–H groups in total. The van der Waals surface area contributed by atoms with Crippen LogP contribution in [0.1, 0.15) is 5.76 Å². The van der Waals surface area contributed by atoms with Crippen LogP contribution in [-0.2, 0) is 11.4 Å². The Morgan fingerprint density at radius 3 is 3.00 bits per heavy atom. The fraction of sp³-hybridized carbons (Fsp3) is 0.286. The van der Waals surface area contributed by atoms with E-state index in [1.807, 2.05) is 0 Å². The number of carbonyl (C=O) groups excluding carboxylic acids is 1. The highest BCUT2D eigenvalue weighted by molar-refractivity contribution is 5.70. The van der Waals surface area contributed by atoms with E-state index in [0.717, 1.165) is 0 Å². The fourth-order valence-electron chi connectivity index (χ4n) is 0.710. The molecule has 0 aliphatic carbocycles. The molecule has 1 heterocycles. The van der Waals surface area contributed by atoms with Crippen molar-refractivity contribution in [2.45, 2.75) is 6.61 Å². The number of urea groups is 1. The van der Waals surface area contributed by atoms with E-state index in [9.17, 15) is 4.79 Å². The van der Waals surface area contributed by atoms with Gasteiger partial charge < -0.3 is 15.3 Å². The number of hydrogen-bond donors (Lipinski definition) is 2. The molecule has 0 saturated carbocycles. The average molecular weight is 186 g/mol. The molecule has 0 saturated heterocycles. The van der Waals surface area contributed by atoms with E-state index in [-0.39, 0.29) is 6.61 Å². The molecule has 0 bridgehead atoms. The minimum Gasteiger partial charge on any atom is -0.467 e. The quantitative estimate of drug-likeness (QED) is 0.513. The molecule has 1 rings (SSSR count). The van der Waals surface area contributed by atoms with Crippen molar-refractivity contribution in [3.63, 3.8) is 0 Å². The van der Waals surface area contributed by atoms with Gasteiger partial charge in [0, 0.05) is 0 Å². The summed E-state index contributed by atoms with van der Waals surface area (Å²) in [7, 11) is 0. The van der Waals surface area contributed by atoms with Crippen LogP contribution in [0.3, 0.4) is 0 Å². The fourth-order valence-corrected chi connectivity index (χ4v) is 0.710. The molecule has 0 unspecified atom stereocenters. The van der Waals surface area contributed by atoms with Gasteiger partial charge in [0.15, 0.2) is 0 Å². The molecule has 1 aromatic rings. The molecule has 6 nitrogen and oxygen atoms in total. The second-order valence-corrected chi connectivity index (χ2v) is 2.21. The van der Waals surface area contributed by atoms with E-state index in [1.165, 1.54) is 6.26 Å². The Morgan fingerprint density at radius 1 is 1.77 bits per heavy atom. The lowest BCUT2D eigenvalue weighted by Gasteiger charge is -2.15. The molecular formula is C7H10N2O4. The van der Waals surface area contributed by atoms with Gasteiger partial charge in [0.25, 0.3) is 0 Å². The van der Waals surface area contributed by atoms with Crippen molar-refractivity contribution in [2.75, 3.05) is 6.73 Å². The van der Waals surface area contributed by atoms with Crippen molar-refractivity contribution < 1.29 is 19.2 Å². The van der Waals surface area contributed by atoms with Crippen LogP contribution in [0.2, 0.25) is 0 Å². The lowest BCUT2D eigenvalue weighted by atomic mass is 10.5. The molecule has 2 amide bonds. The van der Waals surface area contributed by atoms with Gasteiger partial charge in [-0.3, -0.25) is 4.84 Å².